The normalized spacial score (nSPS) is 23.7. The average Bonchev–Trinajstić information content (AvgIpc) is 2.42. The molecule has 1 aliphatic rings. The molecule has 0 aliphatic heterocycles. The smallest absolute Gasteiger partial charge is 0.235 e. The molecule has 1 amide bonds. The van der Waals surface area contributed by atoms with Crippen molar-refractivity contribution >= 4 is 23.3 Å². The Morgan fingerprint density at radius 1 is 1.28 bits per heavy atom. The number of amides is 1. The highest BCUT2D eigenvalue weighted by Crippen LogP contribution is 2.34. The number of nitrogens with one attached hydrogen (secondary N) is 1. The molecule has 0 spiro atoms. The van der Waals surface area contributed by atoms with Crippen LogP contribution in [0.2, 0.25) is 0 Å². The molecular weight excluding hydrogens is 250 g/mol. The van der Waals surface area contributed by atoms with Gasteiger partial charge in [0, 0.05) is 6.42 Å². The Balaban J connectivity index is 2.39. The van der Waals surface area contributed by atoms with E-state index in [4.69, 9.17) is 11.6 Å². The number of hydrogen-bond donors (Lipinski definition) is 1. The van der Waals surface area contributed by atoms with Crippen molar-refractivity contribution < 1.29 is 9.59 Å². The molecular formula is C14H16ClNO2. The van der Waals surface area contributed by atoms with Gasteiger partial charge in [0.2, 0.25) is 5.91 Å². The van der Waals surface area contributed by atoms with E-state index in [0.29, 0.717) is 12.8 Å². The molecule has 4 heteroatoms. The fourth-order valence-corrected chi connectivity index (χ4v) is 2.60. The Hall–Kier alpha value is -1.35. The highest BCUT2D eigenvalue weighted by atomic mass is 35.5. The number of alkyl halides is 1. The van der Waals surface area contributed by atoms with Gasteiger partial charge in [-0.15, -0.1) is 11.6 Å². The fourth-order valence-electron chi connectivity index (χ4n) is 2.53. The molecule has 2 rings (SSSR count). The van der Waals surface area contributed by atoms with Crippen LogP contribution in [0, 0.1) is 0 Å². The van der Waals surface area contributed by atoms with Crippen LogP contribution in [0.15, 0.2) is 30.3 Å². The van der Waals surface area contributed by atoms with Gasteiger partial charge in [0.15, 0.2) is 5.78 Å². The largest absolute Gasteiger partial charge is 0.339 e. The monoisotopic (exact) mass is 265 g/mol. The number of rotatable bonds is 3. The van der Waals surface area contributed by atoms with Gasteiger partial charge in [0.05, 0.1) is 0 Å². The third-order valence-electron chi connectivity index (χ3n) is 3.42. The maximum atomic E-state index is 12.3. The van der Waals surface area contributed by atoms with E-state index >= 15 is 0 Å². The van der Waals surface area contributed by atoms with Crippen molar-refractivity contribution in [2.75, 3.05) is 5.88 Å². The fraction of sp³-hybridized carbons (Fsp3) is 0.429. The minimum absolute atomic E-state index is 0.0819. The summed E-state index contributed by atoms with van der Waals surface area (Å²) in [5.74, 6) is -0.337. The number of hydrogen-bond acceptors (Lipinski definition) is 2. The predicted octanol–water partition coefficient (Wildman–Crippen LogP) is 2.38. The van der Waals surface area contributed by atoms with Crippen molar-refractivity contribution in [2.45, 2.75) is 31.2 Å². The summed E-state index contributed by atoms with van der Waals surface area (Å²) in [6, 6.07) is 9.43. The summed E-state index contributed by atoms with van der Waals surface area (Å²) in [6.07, 6.45) is 2.99. The molecule has 1 atom stereocenters. The second-order valence-electron chi connectivity index (χ2n) is 4.58. The molecule has 0 radical (unpaired) electrons. The lowest BCUT2D eigenvalue weighted by Crippen LogP contribution is -2.53. The Morgan fingerprint density at radius 3 is 2.61 bits per heavy atom. The molecule has 1 fully saturated rings. The molecule has 0 saturated heterocycles. The van der Waals surface area contributed by atoms with Gasteiger partial charge in [-0.2, -0.15) is 0 Å². The third-order valence-corrected chi connectivity index (χ3v) is 3.67. The first-order chi connectivity index (χ1) is 8.69. The van der Waals surface area contributed by atoms with Crippen LogP contribution in [0.1, 0.15) is 31.2 Å². The molecule has 1 N–H and O–H groups in total. The van der Waals surface area contributed by atoms with E-state index in [2.05, 4.69) is 5.32 Å². The lowest BCUT2D eigenvalue weighted by molar-refractivity contribution is -0.133. The summed E-state index contributed by atoms with van der Waals surface area (Å²) < 4.78 is 0. The summed E-state index contributed by atoms with van der Waals surface area (Å²) in [7, 11) is 0. The molecule has 1 aromatic carbocycles. The van der Waals surface area contributed by atoms with Gasteiger partial charge in [-0.1, -0.05) is 30.3 Å². The zero-order chi connectivity index (χ0) is 13.0. The first-order valence-corrected chi connectivity index (χ1v) is 6.68. The SMILES string of the molecule is O=C(CCl)NC1(c2ccccc2)CCCCC1=O. The van der Waals surface area contributed by atoms with Gasteiger partial charge < -0.3 is 5.32 Å². The van der Waals surface area contributed by atoms with E-state index < -0.39 is 5.54 Å². The maximum Gasteiger partial charge on any atom is 0.235 e. The van der Waals surface area contributed by atoms with E-state index in [1.165, 1.54) is 0 Å². The van der Waals surface area contributed by atoms with Gasteiger partial charge in [-0.25, -0.2) is 0 Å². The molecule has 1 aromatic rings. The van der Waals surface area contributed by atoms with Crippen LogP contribution in [0.5, 0.6) is 0 Å². The van der Waals surface area contributed by atoms with Crippen molar-refractivity contribution in [1.29, 1.82) is 0 Å². The summed E-state index contributed by atoms with van der Waals surface area (Å²) >= 11 is 5.55. The van der Waals surface area contributed by atoms with Crippen LogP contribution in [-0.2, 0) is 15.1 Å². The van der Waals surface area contributed by atoms with Gasteiger partial charge in [0.1, 0.15) is 11.4 Å². The standard InChI is InChI=1S/C14H16ClNO2/c15-10-13(18)16-14(9-5-4-8-12(14)17)11-6-2-1-3-7-11/h1-3,6-7H,4-5,8-10H2,(H,16,18). The number of ketones is 1. The maximum absolute atomic E-state index is 12.3. The Labute approximate surface area is 112 Å². The van der Waals surface area contributed by atoms with Crippen LogP contribution < -0.4 is 5.32 Å². The van der Waals surface area contributed by atoms with Gasteiger partial charge in [0.25, 0.3) is 0 Å². The Morgan fingerprint density at radius 2 is 2.00 bits per heavy atom. The van der Waals surface area contributed by atoms with Crippen molar-refractivity contribution in [3.63, 3.8) is 0 Å². The van der Waals surface area contributed by atoms with E-state index in [-0.39, 0.29) is 17.6 Å². The van der Waals surface area contributed by atoms with E-state index in [1.54, 1.807) is 0 Å². The Kier molecular flexibility index (Phi) is 4.02. The quantitative estimate of drug-likeness (QED) is 0.853. The van der Waals surface area contributed by atoms with Crippen molar-refractivity contribution in [2.24, 2.45) is 0 Å². The van der Waals surface area contributed by atoms with Crippen LogP contribution in [-0.4, -0.2) is 17.6 Å². The van der Waals surface area contributed by atoms with E-state index in [1.807, 2.05) is 30.3 Å². The number of halogens is 1. The van der Waals surface area contributed by atoms with Crippen molar-refractivity contribution in [3.8, 4) is 0 Å². The minimum atomic E-state index is -0.870. The molecule has 3 nitrogen and oxygen atoms in total. The summed E-state index contributed by atoms with van der Waals surface area (Å²) in [4.78, 5) is 23.9. The molecule has 1 aliphatic carbocycles. The predicted molar refractivity (Wildman–Crippen MR) is 70.5 cm³/mol. The summed E-state index contributed by atoms with van der Waals surface area (Å²) in [6.45, 7) is 0. The molecule has 0 aromatic heterocycles. The lowest BCUT2D eigenvalue weighted by Gasteiger charge is -2.36. The van der Waals surface area contributed by atoms with Crippen LogP contribution in [0.3, 0.4) is 0 Å². The second-order valence-corrected chi connectivity index (χ2v) is 4.85. The average molecular weight is 266 g/mol. The molecule has 96 valence electrons. The van der Waals surface area contributed by atoms with E-state index in [9.17, 15) is 9.59 Å². The van der Waals surface area contributed by atoms with Crippen LogP contribution in [0.4, 0.5) is 0 Å². The Bertz CT molecular complexity index is 446. The van der Waals surface area contributed by atoms with Gasteiger partial charge in [-0.3, -0.25) is 9.59 Å². The highest BCUT2D eigenvalue weighted by molar-refractivity contribution is 6.27. The summed E-state index contributed by atoms with van der Waals surface area (Å²) in [5.41, 5.74) is -0.0148. The van der Waals surface area contributed by atoms with Gasteiger partial charge >= 0.3 is 0 Å². The number of carbonyl (C=O) groups is 2. The van der Waals surface area contributed by atoms with Crippen LogP contribution in [0.25, 0.3) is 0 Å². The summed E-state index contributed by atoms with van der Waals surface area (Å²) in [5, 5.41) is 2.83. The molecule has 18 heavy (non-hydrogen) atoms. The van der Waals surface area contributed by atoms with Gasteiger partial charge in [-0.05, 0) is 24.8 Å². The first-order valence-electron chi connectivity index (χ1n) is 6.15. The van der Waals surface area contributed by atoms with Crippen molar-refractivity contribution in [1.82, 2.24) is 5.32 Å². The zero-order valence-electron chi connectivity index (χ0n) is 10.1. The molecule has 1 unspecified atom stereocenters. The number of benzene rings is 1. The highest BCUT2D eigenvalue weighted by Gasteiger charge is 2.42. The second kappa shape index (κ2) is 5.53. The molecule has 0 heterocycles. The first kappa shape index (κ1) is 13.1. The van der Waals surface area contributed by atoms with E-state index in [0.717, 1.165) is 18.4 Å². The van der Waals surface area contributed by atoms with Crippen molar-refractivity contribution in [3.05, 3.63) is 35.9 Å². The minimum Gasteiger partial charge on any atom is -0.339 e. The molecule has 1 saturated carbocycles. The molecule has 0 bridgehead atoms. The zero-order valence-corrected chi connectivity index (χ0v) is 10.9. The van der Waals surface area contributed by atoms with Crippen LogP contribution >= 0.6 is 11.6 Å². The number of carbonyl (C=O) groups excluding carboxylic acids is 2. The third kappa shape index (κ3) is 2.41. The lowest BCUT2D eigenvalue weighted by atomic mass is 9.75. The topological polar surface area (TPSA) is 46.2 Å². The number of Topliss-reactive ketones (excluding diaryl/α,β-unsaturated/α-hetero) is 1.